The second kappa shape index (κ2) is 7.46. The molecule has 3 rings (SSSR count). The van der Waals surface area contributed by atoms with Crippen molar-refractivity contribution in [3.63, 3.8) is 0 Å². The fraction of sp³-hybridized carbons (Fsp3) is 0.200. The molecule has 0 unspecified atom stereocenters. The lowest BCUT2D eigenvalue weighted by atomic mass is 10.1. The second-order valence-corrected chi connectivity index (χ2v) is 5.23. The van der Waals surface area contributed by atoms with Crippen LogP contribution < -0.4 is 15.4 Å². The minimum absolute atomic E-state index is 0.0596. The summed E-state index contributed by atoms with van der Waals surface area (Å²) < 4.78 is 64.3. The van der Waals surface area contributed by atoms with E-state index >= 15 is 0 Å². The summed E-state index contributed by atoms with van der Waals surface area (Å²) in [6.45, 7) is -2.80. The van der Waals surface area contributed by atoms with Crippen LogP contribution in [0.2, 0.25) is 0 Å². The molecule has 0 bridgehead atoms. The number of amides is 1. The van der Waals surface area contributed by atoms with Gasteiger partial charge in [-0.25, -0.2) is 0 Å². The van der Waals surface area contributed by atoms with Crippen molar-refractivity contribution >= 4 is 17.3 Å². The Kier molecular flexibility index (Phi) is 4.08. The van der Waals surface area contributed by atoms with Crippen molar-refractivity contribution in [2.75, 3.05) is 12.3 Å². The SMILES string of the molecule is [2H]C([2H])([2H])NC(=O)c1nnccc1Nc1ccc(-c2nnn(C)n2)cc1OC(F)(F)F. The molecule has 0 saturated carbocycles. The molecular weight excluding hydrogens is 381 g/mol. The number of hydrogen-bond donors (Lipinski definition) is 2. The van der Waals surface area contributed by atoms with E-state index in [2.05, 4.69) is 35.7 Å². The van der Waals surface area contributed by atoms with E-state index in [1.165, 1.54) is 25.2 Å². The zero-order chi connectivity index (χ0) is 22.8. The first-order chi connectivity index (χ1) is 14.4. The van der Waals surface area contributed by atoms with E-state index in [4.69, 9.17) is 4.11 Å². The average molecular weight is 397 g/mol. The lowest BCUT2D eigenvalue weighted by Gasteiger charge is -2.16. The molecule has 13 heteroatoms. The molecule has 0 saturated heterocycles. The molecule has 28 heavy (non-hydrogen) atoms. The zero-order valence-corrected chi connectivity index (χ0v) is 14.0. The number of benzene rings is 1. The molecular formula is C15H13F3N8O2. The van der Waals surface area contributed by atoms with Crippen molar-refractivity contribution in [1.82, 2.24) is 35.7 Å². The molecule has 0 aliphatic carbocycles. The van der Waals surface area contributed by atoms with Crippen LogP contribution >= 0.6 is 0 Å². The maximum Gasteiger partial charge on any atom is 0.573 e. The van der Waals surface area contributed by atoms with Crippen molar-refractivity contribution in [2.45, 2.75) is 6.36 Å². The molecule has 3 aromatic rings. The van der Waals surface area contributed by atoms with Crippen LogP contribution in [0.3, 0.4) is 0 Å². The number of tetrazole rings is 1. The molecule has 10 nitrogen and oxygen atoms in total. The van der Waals surface area contributed by atoms with Gasteiger partial charge in [0.1, 0.15) is 0 Å². The molecule has 2 aromatic heterocycles. The van der Waals surface area contributed by atoms with Crippen molar-refractivity contribution < 1.29 is 26.8 Å². The summed E-state index contributed by atoms with van der Waals surface area (Å²) in [5.41, 5.74) is -0.558. The van der Waals surface area contributed by atoms with E-state index in [0.29, 0.717) is 0 Å². The molecule has 0 radical (unpaired) electrons. The van der Waals surface area contributed by atoms with Crippen LogP contribution in [0.15, 0.2) is 30.5 Å². The predicted octanol–water partition coefficient (Wildman–Crippen LogP) is 1.67. The molecule has 1 aromatic carbocycles. The number of nitrogens with zero attached hydrogens (tertiary/aromatic N) is 6. The summed E-state index contributed by atoms with van der Waals surface area (Å²) in [7, 11) is 1.49. The molecule has 0 aliphatic rings. The topological polar surface area (TPSA) is 120 Å². The standard InChI is InChI=1S/C15H13F3N8O2/c1-19-14(27)12-10(5-6-20-22-12)21-9-4-3-8(13-23-25-26(2)24-13)7-11(9)28-15(16,17)18/h3-7H,1-2H3,(H,19,27)(H,20,21)/i1D3. The maximum absolute atomic E-state index is 12.9. The zero-order valence-electron chi connectivity index (χ0n) is 17.0. The maximum atomic E-state index is 12.9. The highest BCUT2D eigenvalue weighted by atomic mass is 19.4. The Bertz CT molecular complexity index is 1100. The van der Waals surface area contributed by atoms with Crippen LogP contribution in [0, 0.1) is 0 Å². The highest BCUT2D eigenvalue weighted by Gasteiger charge is 2.32. The quantitative estimate of drug-likeness (QED) is 0.667. The van der Waals surface area contributed by atoms with E-state index in [-0.39, 0.29) is 22.8 Å². The van der Waals surface area contributed by atoms with Gasteiger partial charge in [-0.15, -0.1) is 28.5 Å². The van der Waals surface area contributed by atoms with Crippen molar-refractivity contribution in [3.05, 3.63) is 36.2 Å². The first kappa shape index (κ1) is 15.3. The summed E-state index contributed by atoms with van der Waals surface area (Å²) in [6, 6.07) is 4.90. The normalized spacial score (nSPS) is 13.2. The highest BCUT2D eigenvalue weighted by Crippen LogP contribution is 2.35. The lowest BCUT2D eigenvalue weighted by molar-refractivity contribution is -0.274. The third kappa shape index (κ3) is 4.31. The third-order valence-corrected chi connectivity index (χ3v) is 3.29. The van der Waals surface area contributed by atoms with Gasteiger partial charge in [0, 0.05) is 16.7 Å². The van der Waals surface area contributed by atoms with E-state index in [1.807, 2.05) is 0 Å². The number of rotatable bonds is 5. The summed E-state index contributed by atoms with van der Waals surface area (Å²) in [4.78, 5) is 13.3. The first-order valence-electron chi connectivity index (χ1n) is 8.97. The van der Waals surface area contributed by atoms with Crippen LogP contribution in [0.1, 0.15) is 14.6 Å². The average Bonchev–Trinajstić information content (AvgIpc) is 3.07. The Hall–Kier alpha value is -3.77. The molecule has 2 heterocycles. The fourth-order valence-electron chi connectivity index (χ4n) is 2.18. The van der Waals surface area contributed by atoms with Crippen molar-refractivity contribution in [3.8, 4) is 17.1 Å². The Labute approximate surface area is 159 Å². The fourth-order valence-corrected chi connectivity index (χ4v) is 2.18. The van der Waals surface area contributed by atoms with Gasteiger partial charge in [-0.2, -0.15) is 9.90 Å². The van der Waals surface area contributed by atoms with Crippen LogP contribution in [-0.2, 0) is 7.05 Å². The number of anilines is 2. The smallest absolute Gasteiger partial charge is 0.404 e. The molecule has 0 aliphatic heterocycles. The number of alkyl halides is 3. The van der Waals surface area contributed by atoms with E-state index in [1.54, 1.807) is 5.32 Å². The second-order valence-electron chi connectivity index (χ2n) is 5.23. The van der Waals surface area contributed by atoms with Gasteiger partial charge in [0.05, 0.1) is 24.6 Å². The first-order valence-corrected chi connectivity index (χ1v) is 7.47. The third-order valence-electron chi connectivity index (χ3n) is 3.29. The summed E-state index contributed by atoms with van der Waals surface area (Å²) in [6.07, 6.45) is -3.86. The molecule has 146 valence electrons. The minimum atomic E-state index is -5.02. The van der Waals surface area contributed by atoms with Gasteiger partial charge >= 0.3 is 6.36 Å². The Morgan fingerprint density at radius 1 is 1.25 bits per heavy atom. The van der Waals surface area contributed by atoms with Crippen molar-refractivity contribution in [2.24, 2.45) is 7.05 Å². The number of aromatic nitrogens is 6. The van der Waals surface area contributed by atoms with Gasteiger partial charge in [-0.1, -0.05) is 0 Å². The number of aryl methyl sites for hydroxylation is 1. The summed E-state index contributed by atoms with van der Waals surface area (Å²) in [5.74, 6) is -1.70. The van der Waals surface area contributed by atoms with E-state index in [0.717, 1.165) is 17.1 Å². The van der Waals surface area contributed by atoms with Crippen LogP contribution in [0.4, 0.5) is 24.5 Å². The van der Waals surface area contributed by atoms with Crippen LogP contribution in [0.25, 0.3) is 11.4 Å². The minimum Gasteiger partial charge on any atom is -0.404 e. The van der Waals surface area contributed by atoms with Crippen LogP contribution in [0.5, 0.6) is 5.75 Å². The molecule has 0 fully saturated rings. The molecule has 2 N–H and O–H groups in total. The van der Waals surface area contributed by atoms with Crippen LogP contribution in [-0.4, -0.2) is 49.6 Å². The largest absolute Gasteiger partial charge is 0.573 e. The molecule has 0 spiro atoms. The van der Waals surface area contributed by atoms with Gasteiger partial charge in [0.15, 0.2) is 11.4 Å². The van der Waals surface area contributed by atoms with Gasteiger partial charge in [0.2, 0.25) is 5.82 Å². The predicted molar refractivity (Wildman–Crippen MR) is 89.6 cm³/mol. The number of carbonyl (C=O) groups is 1. The number of halogens is 3. The number of hydrogen-bond acceptors (Lipinski definition) is 8. The number of carbonyl (C=O) groups excluding carboxylic acids is 1. The Morgan fingerprint density at radius 3 is 2.75 bits per heavy atom. The highest BCUT2D eigenvalue weighted by molar-refractivity contribution is 5.98. The Morgan fingerprint density at radius 2 is 2.07 bits per heavy atom. The van der Waals surface area contributed by atoms with Gasteiger partial charge in [-0.3, -0.25) is 4.79 Å². The van der Waals surface area contributed by atoms with Crippen molar-refractivity contribution in [1.29, 1.82) is 0 Å². The molecule has 0 atom stereocenters. The summed E-state index contributed by atoms with van der Waals surface area (Å²) >= 11 is 0. The number of nitrogens with one attached hydrogen (secondary N) is 2. The van der Waals surface area contributed by atoms with Gasteiger partial charge in [0.25, 0.3) is 5.91 Å². The van der Waals surface area contributed by atoms with Gasteiger partial charge < -0.3 is 15.4 Å². The van der Waals surface area contributed by atoms with E-state index < -0.39 is 30.7 Å². The Balaban J connectivity index is 1.98. The van der Waals surface area contributed by atoms with Gasteiger partial charge in [-0.05, 0) is 29.5 Å². The number of ether oxygens (including phenoxy) is 1. The van der Waals surface area contributed by atoms with E-state index in [9.17, 15) is 18.0 Å². The summed E-state index contributed by atoms with van der Waals surface area (Å²) in [5, 5.41) is 22.6. The lowest BCUT2D eigenvalue weighted by Crippen LogP contribution is -2.21. The molecule has 1 amide bonds. The monoisotopic (exact) mass is 397 g/mol.